The molecular weight excluding hydrogens is 221 g/mol. The predicted octanol–water partition coefficient (Wildman–Crippen LogP) is 2.33. The zero-order valence-corrected chi connectivity index (χ0v) is 8.61. The maximum absolute atomic E-state index is 12.5. The van der Waals surface area contributed by atoms with Gasteiger partial charge in [-0.25, -0.2) is 9.97 Å². The lowest BCUT2D eigenvalue weighted by Crippen LogP contribution is -2.12. The highest BCUT2D eigenvalue weighted by Crippen LogP contribution is 2.30. The average Bonchev–Trinajstić information content (AvgIpc) is 2.54. The van der Waals surface area contributed by atoms with Crippen molar-refractivity contribution in [1.82, 2.24) is 15.0 Å². The van der Waals surface area contributed by atoms with E-state index in [4.69, 9.17) is 0 Å². The first-order valence-electron chi connectivity index (χ1n) is 4.54. The molecule has 2 rings (SSSR count). The lowest BCUT2D eigenvalue weighted by atomic mass is 10.3. The van der Waals surface area contributed by atoms with E-state index in [-0.39, 0.29) is 11.5 Å². The summed E-state index contributed by atoms with van der Waals surface area (Å²) < 4.78 is 37.4. The average molecular weight is 230 g/mol. The van der Waals surface area contributed by atoms with Crippen LogP contribution in [0.4, 0.5) is 19.0 Å². The molecule has 0 aliphatic carbocycles. The number of nitrogens with zero attached hydrogens (tertiary/aromatic N) is 2. The van der Waals surface area contributed by atoms with Crippen molar-refractivity contribution >= 4 is 16.9 Å². The summed E-state index contributed by atoms with van der Waals surface area (Å²) in [6, 6.07) is 1.70. The first kappa shape index (κ1) is 10.7. The molecule has 0 unspecified atom stereocenters. The van der Waals surface area contributed by atoms with Crippen LogP contribution in [0.15, 0.2) is 6.07 Å². The summed E-state index contributed by atoms with van der Waals surface area (Å²) in [4.78, 5) is 9.64. The molecule has 2 heterocycles. The second kappa shape index (κ2) is 3.36. The molecule has 2 N–H and O–H groups in total. The highest BCUT2D eigenvalue weighted by atomic mass is 19.4. The fourth-order valence-corrected chi connectivity index (χ4v) is 1.46. The number of alkyl halides is 3. The van der Waals surface area contributed by atoms with Crippen molar-refractivity contribution in [3.8, 4) is 0 Å². The van der Waals surface area contributed by atoms with E-state index in [1.54, 1.807) is 13.0 Å². The van der Waals surface area contributed by atoms with Crippen LogP contribution >= 0.6 is 0 Å². The lowest BCUT2D eigenvalue weighted by molar-refractivity contribution is -0.144. The molecule has 0 saturated heterocycles. The molecule has 2 aromatic heterocycles. The monoisotopic (exact) mass is 230 g/mol. The molecule has 0 saturated carbocycles. The van der Waals surface area contributed by atoms with Gasteiger partial charge in [-0.1, -0.05) is 0 Å². The summed E-state index contributed by atoms with van der Waals surface area (Å²) in [6.45, 7) is 1.74. The zero-order valence-electron chi connectivity index (χ0n) is 8.61. The molecule has 0 bridgehead atoms. The fourth-order valence-electron chi connectivity index (χ4n) is 1.46. The molecule has 0 atom stereocenters. The van der Waals surface area contributed by atoms with Crippen LogP contribution in [0.25, 0.3) is 11.0 Å². The molecule has 4 nitrogen and oxygen atoms in total. The summed E-state index contributed by atoms with van der Waals surface area (Å²) in [7, 11) is 1.52. The van der Waals surface area contributed by atoms with E-state index in [1.807, 2.05) is 0 Å². The van der Waals surface area contributed by atoms with Gasteiger partial charge in [0.05, 0.1) is 5.39 Å². The molecule has 0 aromatic carbocycles. The van der Waals surface area contributed by atoms with E-state index < -0.39 is 12.0 Å². The third-order valence-corrected chi connectivity index (χ3v) is 2.11. The van der Waals surface area contributed by atoms with Gasteiger partial charge in [0, 0.05) is 12.7 Å². The van der Waals surface area contributed by atoms with E-state index in [2.05, 4.69) is 20.3 Å². The lowest BCUT2D eigenvalue weighted by Gasteiger charge is -2.07. The minimum atomic E-state index is -4.54. The summed E-state index contributed by atoms with van der Waals surface area (Å²) in [5.74, 6) is -0.979. The number of halogens is 3. The van der Waals surface area contributed by atoms with E-state index in [1.165, 1.54) is 7.05 Å². The molecular formula is C9H9F3N4. The minimum absolute atomic E-state index is 0.168. The largest absolute Gasteiger partial charge is 0.451 e. The number of hydrogen-bond donors (Lipinski definition) is 2. The molecule has 0 spiro atoms. The molecule has 0 aliphatic rings. The third-order valence-electron chi connectivity index (χ3n) is 2.11. The molecule has 0 amide bonds. The number of aromatic nitrogens is 3. The van der Waals surface area contributed by atoms with E-state index in [0.29, 0.717) is 5.39 Å². The number of nitrogens with one attached hydrogen (secondary N) is 2. The summed E-state index contributed by atoms with van der Waals surface area (Å²) in [6.07, 6.45) is -4.54. The Bertz CT molecular complexity index is 529. The zero-order chi connectivity index (χ0) is 11.9. The number of rotatable bonds is 1. The van der Waals surface area contributed by atoms with Gasteiger partial charge in [0.2, 0.25) is 5.82 Å². The Balaban J connectivity index is 2.72. The van der Waals surface area contributed by atoms with Gasteiger partial charge in [0.1, 0.15) is 11.5 Å². The van der Waals surface area contributed by atoms with Crippen molar-refractivity contribution in [3.63, 3.8) is 0 Å². The van der Waals surface area contributed by atoms with E-state index in [9.17, 15) is 13.2 Å². The topological polar surface area (TPSA) is 53.6 Å². The quantitative estimate of drug-likeness (QED) is 0.790. The predicted molar refractivity (Wildman–Crippen MR) is 53.2 cm³/mol. The van der Waals surface area contributed by atoms with E-state index in [0.717, 1.165) is 5.69 Å². The second-order valence-electron chi connectivity index (χ2n) is 3.36. The second-order valence-corrected chi connectivity index (χ2v) is 3.36. The highest BCUT2D eigenvalue weighted by molar-refractivity contribution is 5.87. The van der Waals surface area contributed by atoms with Crippen LogP contribution in [-0.4, -0.2) is 22.0 Å². The Morgan fingerprint density at radius 1 is 1.31 bits per heavy atom. The highest BCUT2D eigenvalue weighted by Gasteiger charge is 2.35. The number of anilines is 1. The van der Waals surface area contributed by atoms with Gasteiger partial charge in [0.25, 0.3) is 0 Å². The van der Waals surface area contributed by atoms with Crippen molar-refractivity contribution < 1.29 is 13.2 Å². The normalized spacial score (nSPS) is 12.1. The Morgan fingerprint density at radius 2 is 2.00 bits per heavy atom. The maximum Gasteiger partial charge on any atom is 0.451 e. The van der Waals surface area contributed by atoms with Crippen LogP contribution in [0, 0.1) is 6.92 Å². The molecule has 0 fully saturated rings. The minimum Gasteiger partial charge on any atom is -0.372 e. The van der Waals surface area contributed by atoms with Crippen molar-refractivity contribution in [2.45, 2.75) is 13.1 Å². The maximum atomic E-state index is 12.5. The molecule has 86 valence electrons. The van der Waals surface area contributed by atoms with Crippen LogP contribution in [0.3, 0.4) is 0 Å². The number of fused-ring (bicyclic) bond motifs is 1. The van der Waals surface area contributed by atoms with Crippen molar-refractivity contribution in [2.75, 3.05) is 12.4 Å². The Hall–Kier alpha value is -1.79. The first-order chi connectivity index (χ1) is 7.41. The van der Waals surface area contributed by atoms with Crippen LogP contribution in [0.2, 0.25) is 0 Å². The van der Waals surface area contributed by atoms with Crippen LogP contribution in [0.5, 0.6) is 0 Å². The number of hydrogen-bond acceptors (Lipinski definition) is 3. The number of aromatic amines is 1. The molecule has 2 aromatic rings. The van der Waals surface area contributed by atoms with Gasteiger partial charge in [-0.3, -0.25) is 0 Å². The Morgan fingerprint density at radius 3 is 2.56 bits per heavy atom. The van der Waals surface area contributed by atoms with Gasteiger partial charge in [0.15, 0.2) is 0 Å². The third kappa shape index (κ3) is 1.68. The molecule has 0 aliphatic heterocycles. The smallest absolute Gasteiger partial charge is 0.372 e. The standard InChI is InChI=1S/C9H9F3N4/c1-4-3-5-6(13-2)15-8(9(10,11)12)16-7(5)14-4/h3H,1-2H3,(H2,13,14,15,16). The number of H-pyrrole nitrogens is 1. The summed E-state index contributed by atoms with van der Waals surface area (Å²) in [5, 5.41) is 3.17. The van der Waals surface area contributed by atoms with Crippen LogP contribution in [-0.2, 0) is 6.18 Å². The SMILES string of the molecule is CNc1nc(C(F)(F)F)nc2[nH]c(C)cc12. The fraction of sp³-hybridized carbons (Fsp3) is 0.333. The molecule has 16 heavy (non-hydrogen) atoms. The van der Waals surface area contributed by atoms with Gasteiger partial charge >= 0.3 is 6.18 Å². The van der Waals surface area contributed by atoms with Gasteiger partial charge in [-0.15, -0.1) is 0 Å². The summed E-state index contributed by atoms with van der Waals surface area (Å²) in [5.41, 5.74) is 0.921. The van der Waals surface area contributed by atoms with Crippen LogP contribution < -0.4 is 5.32 Å². The Labute approximate surface area is 88.9 Å². The van der Waals surface area contributed by atoms with Crippen LogP contribution in [0.1, 0.15) is 11.5 Å². The van der Waals surface area contributed by atoms with Crippen molar-refractivity contribution in [2.24, 2.45) is 0 Å². The van der Waals surface area contributed by atoms with Crippen molar-refractivity contribution in [3.05, 3.63) is 17.6 Å². The summed E-state index contributed by atoms with van der Waals surface area (Å²) >= 11 is 0. The molecule has 7 heteroatoms. The number of aryl methyl sites for hydroxylation is 1. The molecule has 0 radical (unpaired) electrons. The van der Waals surface area contributed by atoms with Gasteiger partial charge in [-0.2, -0.15) is 13.2 Å². The van der Waals surface area contributed by atoms with Crippen molar-refractivity contribution in [1.29, 1.82) is 0 Å². The van der Waals surface area contributed by atoms with Gasteiger partial charge < -0.3 is 10.3 Å². The Kier molecular flexibility index (Phi) is 2.25. The van der Waals surface area contributed by atoms with Gasteiger partial charge in [-0.05, 0) is 13.0 Å². The first-order valence-corrected chi connectivity index (χ1v) is 4.54. The van der Waals surface area contributed by atoms with E-state index >= 15 is 0 Å².